The molecule has 1 aliphatic rings. The van der Waals surface area contributed by atoms with E-state index in [9.17, 15) is 9.59 Å². The second-order valence-corrected chi connectivity index (χ2v) is 3.19. The maximum atomic E-state index is 11.4. The molecule has 0 unspecified atom stereocenters. The van der Waals surface area contributed by atoms with E-state index in [1.54, 1.807) is 30.9 Å². The van der Waals surface area contributed by atoms with E-state index >= 15 is 0 Å². The van der Waals surface area contributed by atoms with Crippen LogP contribution in [0.2, 0.25) is 0 Å². The fourth-order valence-electron chi connectivity index (χ4n) is 1.29. The molecular formula is C9H12N2O3. The van der Waals surface area contributed by atoms with Gasteiger partial charge < -0.3 is 14.9 Å². The third kappa shape index (κ3) is 1.76. The molecule has 0 amide bonds. The average molecular weight is 196 g/mol. The van der Waals surface area contributed by atoms with Gasteiger partial charge in [-0.3, -0.25) is 4.79 Å². The van der Waals surface area contributed by atoms with Crippen LogP contribution in [0.15, 0.2) is 23.7 Å². The first-order valence-electron chi connectivity index (χ1n) is 4.05. The summed E-state index contributed by atoms with van der Waals surface area (Å²) in [7, 11) is 5.24. The van der Waals surface area contributed by atoms with Crippen LogP contribution in [-0.4, -0.2) is 47.8 Å². The summed E-state index contributed by atoms with van der Waals surface area (Å²) in [5.74, 6) is -0.713. The Hall–Kier alpha value is -1.78. The summed E-state index contributed by atoms with van der Waals surface area (Å²) in [6.45, 7) is 0. The molecule has 0 saturated carbocycles. The SMILES string of the molecule is CN(C)C1=CC(=O)/C(=C\C(=O)O)N1C. The van der Waals surface area contributed by atoms with E-state index < -0.39 is 5.97 Å². The monoisotopic (exact) mass is 196 g/mol. The number of carbonyl (C=O) groups is 2. The highest BCUT2D eigenvalue weighted by atomic mass is 16.4. The van der Waals surface area contributed by atoms with Crippen LogP contribution in [-0.2, 0) is 9.59 Å². The Bertz CT molecular complexity index is 342. The molecule has 76 valence electrons. The van der Waals surface area contributed by atoms with Crippen molar-refractivity contribution in [3.8, 4) is 0 Å². The molecule has 0 aromatic carbocycles. The normalized spacial score (nSPS) is 18.8. The van der Waals surface area contributed by atoms with E-state index in [-0.39, 0.29) is 11.5 Å². The summed E-state index contributed by atoms with van der Waals surface area (Å²) in [5.41, 5.74) is 0.182. The van der Waals surface area contributed by atoms with Crippen molar-refractivity contribution in [1.29, 1.82) is 0 Å². The minimum Gasteiger partial charge on any atom is -0.478 e. The van der Waals surface area contributed by atoms with Gasteiger partial charge in [0.1, 0.15) is 5.82 Å². The van der Waals surface area contributed by atoms with E-state index in [4.69, 9.17) is 5.11 Å². The van der Waals surface area contributed by atoms with E-state index in [1.807, 2.05) is 0 Å². The molecule has 1 aliphatic heterocycles. The Morgan fingerprint density at radius 2 is 2.14 bits per heavy atom. The molecule has 1 rings (SSSR count). The summed E-state index contributed by atoms with van der Waals surface area (Å²) in [4.78, 5) is 25.1. The molecule has 0 aromatic rings. The number of likely N-dealkylation sites (N-methyl/N-ethyl adjacent to an activating group) is 1. The molecular weight excluding hydrogens is 184 g/mol. The zero-order chi connectivity index (χ0) is 10.9. The van der Waals surface area contributed by atoms with Crippen molar-refractivity contribution in [3.63, 3.8) is 0 Å². The minimum absolute atomic E-state index is 0.182. The van der Waals surface area contributed by atoms with Gasteiger partial charge in [-0.05, 0) is 0 Å². The topological polar surface area (TPSA) is 60.9 Å². The number of carboxylic acid groups (broad SMARTS) is 1. The number of hydrogen-bond donors (Lipinski definition) is 1. The molecule has 1 N–H and O–H groups in total. The molecule has 5 nitrogen and oxygen atoms in total. The maximum Gasteiger partial charge on any atom is 0.330 e. The number of ketones is 1. The molecule has 5 heteroatoms. The van der Waals surface area contributed by atoms with Crippen molar-refractivity contribution < 1.29 is 14.7 Å². The van der Waals surface area contributed by atoms with Gasteiger partial charge in [0.05, 0.1) is 11.8 Å². The van der Waals surface area contributed by atoms with Gasteiger partial charge in [-0.15, -0.1) is 0 Å². The highest BCUT2D eigenvalue weighted by molar-refractivity contribution is 6.09. The number of rotatable bonds is 2. The minimum atomic E-state index is -1.12. The summed E-state index contributed by atoms with van der Waals surface area (Å²) in [5, 5.41) is 8.54. The van der Waals surface area contributed by atoms with Gasteiger partial charge in [0, 0.05) is 27.2 Å². The highest BCUT2D eigenvalue weighted by Gasteiger charge is 2.25. The first kappa shape index (κ1) is 10.3. The third-order valence-electron chi connectivity index (χ3n) is 1.94. The van der Waals surface area contributed by atoms with Crippen molar-refractivity contribution >= 4 is 11.8 Å². The lowest BCUT2D eigenvalue weighted by Gasteiger charge is -2.23. The zero-order valence-corrected chi connectivity index (χ0v) is 8.31. The molecule has 0 aromatic heterocycles. The fraction of sp³-hybridized carbons (Fsp3) is 0.333. The van der Waals surface area contributed by atoms with Gasteiger partial charge in [-0.25, -0.2) is 4.79 Å². The van der Waals surface area contributed by atoms with Gasteiger partial charge >= 0.3 is 5.97 Å². The van der Waals surface area contributed by atoms with Crippen LogP contribution >= 0.6 is 0 Å². The molecule has 0 bridgehead atoms. The third-order valence-corrected chi connectivity index (χ3v) is 1.94. The first-order valence-corrected chi connectivity index (χ1v) is 4.05. The van der Waals surface area contributed by atoms with Gasteiger partial charge in [-0.1, -0.05) is 0 Å². The average Bonchev–Trinajstić information content (AvgIpc) is 2.31. The van der Waals surface area contributed by atoms with Crippen LogP contribution in [0, 0.1) is 0 Å². The van der Waals surface area contributed by atoms with Gasteiger partial charge in [0.2, 0.25) is 5.78 Å². The van der Waals surface area contributed by atoms with E-state index in [2.05, 4.69) is 0 Å². The predicted octanol–water partition coefficient (Wildman–Crippen LogP) is -0.128. The lowest BCUT2D eigenvalue weighted by Crippen LogP contribution is -2.24. The highest BCUT2D eigenvalue weighted by Crippen LogP contribution is 2.21. The lowest BCUT2D eigenvalue weighted by atomic mass is 10.3. The fourth-order valence-corrected chi connectivity index (χ4v) is 1.29. The lowest BCUT2D eigenvalue weighted by molar-refractivity contribution is -0.131. The number of carbonyl (C=O) groups excluding carboxylic acids is 1. The zero-order valence-electron chi connectivity index (χ0n) is 8.31. The quantitative estimate of drug-likeness (QED) is 0.623. The Labute approximate surface area is 81.9 Å². The number of aliphatic carboxylic acids is 1. The molecule has 0 fully saturated rings. The second-order valence-electron chi connectivity index (χ2n) is 3.19. The van der Waals surface area contributed by atoms with E-state index in [0.717, 1.165) is 6.08 Å². The summed E-state index contributed by atoms with van der Waals surface area (Å²) < 4.78 is 0. The molecule has 0 radical (unpaired) electrons. The van der Waals surface area contributed by atoms with E-state index in [0.29, 0.717) is 5.82 Å². The van der Waals surface area contributed by atoms with Crippen LogP contribution < -0.4 is 0 Å². The number of carboxylic acids is 1. The van der Waals surface area contributed by atoms with Gasteiger partial charge in [0.15, 0.2) is 0 Å². The molecule has 14 heavy (non-hydrogen) atoms. The van der Waals surface area contributed by atoms with Crippen LogP contribution in [0.4, 0.5) is 0 Å². The van der Waals surface area contributed by atoms with E-state index in [1.165, 1.54) is 6.08 Å². The largest absolute Gasteiger partial charge is 0.478 e. The van der Waals surface area contributed by atoms with Crippen molar-refractivity contribution in [2.75, 3.05) is 21.1 Å². The molecule has 0 spiro atoms. The van der Waals surface area contributed by atoms with Crippen molar-refractivity contribution in [3.05, 3.63) is 23.7 Å². The maximum absolute atomic E-state index is 11.4. The molecule has 0 atom stereocenters. The number of nitrogens with zero attached hydrogens (tertiary/aromatic N) is 2. The predicted molar refractivity (Wildman–Crippen MR) is 50.3 cm³/mol. The van der Waals surface area contributed by atoms with Crippen molar-refractivity contribution in [2.24, 2.45) is 0 Å². The van der Waals surface area contributed by atoms with Crippen LogP contribution in [0.5, 0.6) is 0 Å². The summed E-state index contributed by atoms with van der Waals surface area (Å²) in [6, 6.07) is 0. The van der Waals surface area contributed by atoms with Crippen LogP contribution in [0.1, 0.15) is 0 Å². The standard InChI is InChI=1S/C9H12N2O3/c1-10(2)8-5-7(12)6(11(8)3)4-9(13)14/h4-5H,1-3H3,(H,13,14)/b6-4+. The summed E-state index contributed by atoms with van der Waals surface area (Å²) in [6.07, 6.45) is 2.32. The van der Waals surface area contributed by atoms with Gasteiger partial charge in [-0.2, -0.15) is 0 Å². The van der Waals surface area contributed by atoms with Crippen molar-refractivity contribution in [1.82, 2.24) is 9.80 Å². The van der Waals surface area contributed by atoms with Crippen LogP contribution in [0.3, 0.4) is 0 Å². The van der Waals surface area contributed by atoms with Gasteiger partial charge in [0.25, 0.3) is 0 Å². The summed E-state index contributed by atoms with van der Waals surface area (Å²) >= 11 is 0. The van der Waals surface area contributed by atoms with Crippen molar-refractivity contribution in [2.45, 2.75) is 0 Å². The Kier molecular flexibility index (Phi) is 2.60. The Balaban J connectivity index is 3.00. The number of allylic oxidation sites excluding steroid dienone is 1. The smallest absolute Gasteiger partial charge is 0.330 e. The molecule has 0 saturated heterocycles. The first-order chi connectivity index (χ1) is 6.43. The Morgan fingerprint density at radius 1 is 1.57 bits per heavy atom. The molecule has 1 heterocycles. The Morgan fingerprint density at radius 3 is 2.50 bits per heavy atom. The number of hydrogen-bond acceptors (Lipinski definition) is 4. The molecule has 0 aliphatic carbocycles. The second kappa shape index (κ2) is 3.53. The van der Waals surface area contributed by atoms with Crippen LogP contribution in [0.25, 0.3) is 0 Å².